The van der Waals surface area contributed by atoms with E-state index in [0.717, 1.165) is 57.5 Å². The number of likely N-dealkylation sites (N-methyl/N-ethyl adjacent to an activating group) is 1. The second-order valence-electron chi connectivity index (χ2n) is 6.49. The number of piperazine rings is 1. The molecule has 9 heteroatoms. The summed E-state index contributed by atoms with van der Waals surface area (Å²) < 4.78 is 2.08. The van der Waals surface area contributed by atoms with E-state index in [-0.39, 0.29) is 24.0 Å². The van der Waals surface area contributed by atoms with Crippen molar-refractivity contribution in [3.63, 3.8) is 0 Å². The Morgan fingerprint density at radius 3 is 2.58 bits per heavy atom. The first-order chi connectivity index (χ1) is 12.2. The van der Waals surface area contributed by atoms with Gasteiger partial charge in [-0.2, -0.15) is 0 Å². The van der Waals surface area contributed by atoms with Gasteiger partial charge in [-0.3, -0.25) is 9.89 Å². The quantitative estimate of drug-likeness (QED) is 0.325. The SMILES string of the molecule is CCc1nncn1CCNC(=NC)NCC(C)N1CCN(CC)CC1.I. The summed E-state index contributed by atoms with van der Waals surface area (Å²) in [4.78, 5) is 9.38. The Morgan fingerprint density at radius 1 is 1.23 bits per heavy atom. The Morgan fingerprint density at radius 2 is 1.96 bits per heavy atom. The van der Waals surface area contributed by atoms with Crippen LogP contribution in [0.1, 0.15) is 26.6 Å². The number of aliphatic imine (C=N–C) groups is 1. The lowest BCUT2D eigenvalue weighted by molar-refractivity contribution is 0.107. The smallest absolute Gasteiger partial charge is 0.191 e. The van der Waals surface area contributed by atoms with Gasteiger partial charge in [-0.25, -0.2) is 0 Å². The second kappa shape index (κ2) is 12.4. The van der Waals surface area contributed by atoms with E-state index >= 15 is 0 Å². The van der Waals surface area contributed by atoms with Crippen molar-refractivity contribution in [1.82, 2.24) is 35.2 Å². The highest BCUT2D eigenvalue weighted by molar-refractivity contribution is 14.0. The third-order valence-electron chi connectivity index (χ3n) is 4.92. The molecule has 1 saturated heterocycles. The Hall–Kier alpha value is -0.940. The number of halogens is 1. The van der Waals surface area contributed by atoms with E-state index in [1.807, 2.05) is 7.05 Å². The van der Waals surface area contributed by atoms with Crippen LogP contribution in [0.25, 0.3) is 0 Å². The third-order valence-corrected chi connectivity index (χ3v) is 4.92. The van der Waals surface area contributed by atoms with Crippen molar-refractivity contribution in [3.8, 4) is 0 Å². The highest BCUT2D eigenvalue weighted by atomic mass is 127. The van der Waals surface area contributed by atoms with Crippen LogP contribution in [0.3, 0.4) is 0 Å². The second-order valence-corrected chi connectivity index (χ2v) is 6.49. The van der Waals surface area contributed by atoms with Gasteiger partial charge < -0.3 is 20.1 Å². The number of aryl methyl sites for hydroxylation is 1. The average Bonchev–Trinajstić information content (AvgIpc) is 3.11. The maximum atomic E-state index is 4.32. The van der Waals surface area contributed by atoms with Gasteiger partial charge in [0.25, 0.3) is 0 Å². The molecule has 0 spiro atoms. The number of nitrogens with one attached hydrogen (secondary N) is 2. The monoisotopic (exact) mass is 478 g/mol. The number of hydrogen-bond acceptors (Lipinski definition) is 5. The number of guanidine groups is 1. The van der Waals surface area contributed by atoms with Gasteiger partial charge in [0.15, 0.2) is 5.96 Å². The van der Waals surface area contributed by atoms with E-state index in [0.29, 0.717) is 6.04 Å². The molecule has 2 N–H and O–H groups in total. The van der Waals surface area contributed by atoms with Gasteiger partial charge in [0.1, 0.15) is 12.2 Å². The molecule has 1 aliphatic rings. The van der Waals surface area contributed by atoms with Crippen LogP contribution in [0.2, 0.25) is 0 Å². The molecule has 2 heterocycles. The summed E-state index contributed by atoms with van der Waals surface area (Å²) in [5, 5.41) is 14.9. The van der Waals surface area contributed by atoms with E-state index in [1.165, 1.54) is 13.1 Å². The normalized spacial score (nSPS) is 17.6. The topological polar surface area (TPSA) is 73.6 Å². The molecule has 1 atom stereocenters. The fourth-order valence-electron chi connectivity index (χ4n) is 3.15. The summed E-state index contributed by atoms with van der Waals surface area (Å²) in [6.07, 6.45) is 2.69. The van der Waals surface area contributed by atoms with Gasteiger partial charge >= 0.3 is 0 Å². The summed E-state index contributed by atoms with van der Waals surface area (Å²) in [6, 6.07) is 0.502. The first kappa shape index (κ1) is 23.1. The number of rotatable bonds is 8. The van der Waals surface area contributed by atoms with Crippen molar-refractivity contribution in [2.45, 2.75) is 39.8 Å². The molecule has 0 aromatic carbocycles. The number of hydrogen-bond donors (Lipinski definition) is 2. The molecule has 1 fully saturated rings. The zero-order valence-corrected chi connectivity index (χ0v) is 18.9. The van der Waals surface area contributed by atoms with Crippen LogP contribution in [0.4, 0.5) is 0 Å². The van der Waals surface area contributed by atoms with E-state index in [9.17, 15) is 0 Å². The summed E-state index contributed by atoms with van der Waals surface area (Å²) in [5.74, 6) is 1.87. The van der Waals surface area contributed by atoms with Crippen LogP contribution in [-0.4, -0.2) is 89.4 Å². The van der Waals surface area contributed by atoms with Gasteiger partial charge in [0, 0.05) is 65.3 Å². The maximum Gasteiger partial charge on any atom is 0.191 e. The highest BCUT2D eigenvalue weighted by Gasteiger charge is 2.20. The molecule has 0 radical (unpaired) electrons. The van der Waals surface area contributed by atoms with Gasteiger partial charge in [0.2, 0.25) is 0 Å². The summed E-state index contributed by atoms with van der Waals surface area (Å²) >= 11 is 0. The predicted octanol–water partition coefficient (Wildman–Crippen LogP) is 0.650. The first-order valence-electron chi connectivity index (χ1n) is 9.45. The molecule has 0 saturated carbocycles. The fourth-order valence-corrected chi connectivity index (χ4v) is 3.15. The molecule has 2 rings (SSSR count). The molecule has 150 valence electrons. The van der Waals surface area contributed by atoms with Gasteiger partial charge in [0.05, 0.1) is 0 Å². The zero-order chi connectivity index (χ0) is 18.1. The molecular formula is C17H35IN8. The Labute approximate surface area is 174 Å². The molecule has 0 aliphatic carbocycles. The minimum Gasteiger partial charge on any atom is -0.355 e. The molecule has 1 aromatic heterocycles. The van der Waals surface area contributed by atoms with Crippen molar-refractivity contribution >= 4 is 29.9 Å². The molecule has 1 aromatic rings. The maximum absolute atomic E-state index is 4.32. The van der Waals surface area contributed by atoms with Crippen LogP contribution in [0.5, 0.6) is 0 Å². The molecular weight excluding hydrogens is 443 g/mol. The minimum absolute atomic E-state index is 0. The van der Waals surface area contributed by atoms with Crippen molar-refractivity contribution < 1.29 is 0 Å². The van der Waals surface area contributed by atoms with E-state index in [4.69, 9.17) is 0 Å². The third kappa shape index (κ3) is 6.99. The molecule has 26 heavy (non-hydrogen) atoms. The summed E-state index contributed by atoms with van der Waals surface area (Å²) in [6.45, 7) is 15.0. The minimum atomic E-state index is 0. The van der Waals surface area contributed by atoms with Crippen molar-refractivity contribution in [1.29, 1.82) is 0 Å². The predicted molar refractivity (Wildman–Crippen MR) is 117 cm³/mol. The number of aromatic nitrogens is 3. The highest BCUT2D eigenvalue weighted by Crippen LogP contribution is 2.05. The Bertz CT molecular complexity index is 525. The Balaban J connectivity index is 0.00000338. The van der Waals surface area contributed by atoms with E-state index in [1.54, 1.807) is 6.33 Å². The Kier molecular flexibility index (Phi) is 11.1. The number of nitrogens with zero attached hydrogens (tertiary/aromatic N) is 6. The van der Waals surface area contributed by atoms with Gasteiger partial charge in [-0.15, -0.1) is 34.2 Å². The molecule has 8 nitrogen and oxygen atoms in total. The summed E-state index contributed by atoms with van der Waals surface area (Å²) in [7, 11) is 1.82. The largest absolute Gasteiger partial charge is 0.355 e. The van der Waals surface area contributed by atoms with Crippen LogP contribution in [0.15, 0.2) is 11.3 Å². The van der Waals surface area contributed by atoms with Crippen LogP contribution < -0.4 is 10.6 Å². The lowest BCUT2D eigenvalue weighted by atomic mass is 10.2. The van der Waals surface area contributed by atoms with E-state index in [2.05, 4.69) is 61.0 Å². The first-order valence-corrected chi connectivity index (χ1v) is 9.45. The van der Waals surface area contributed by atoms with Crippen molar-refractivity contribution in [3.05, 3.63) is 12.2 Å². The lowest BCUT2D eigenvalue weighted by Crippen LogP contribution is -2.53. The van der Waals surface area contributed by atoms with E-state index < -0.39 is 0 Å². The molecule has 1 aliphatic heterocycles. The van der Waals surface area contributed by atoms with Crippen LogP contribution in [-0.2, 0) is 13.0 Å². The molecule has 0 amide bonds. The molecule has 0 bridgehead atoms. The standard InChI is InChI=1S/C17H34N8.HI/c1-5-16-22-21-14-25(16)8-7-19-17(18-4)20-13-15(3)24-11-9-23(6-2)10-12-24;/h14-15H,5-13H2,1-4H3,(H2,18,19,20);1H. The van der Waals surface area contributed by atoms with Crippen LogP contribution in [0, 0.1) is 0 Å². The molecule has 1 unspecified atom stereocenters. The average molecular weight is 478 g/mol. The van der Waals surface area contributed by atoms with Gasteiger partial charge in [-0.1, -0.05) is 13.8 Å². The lowest BCUT2D eigenvalue weighted by Gasteiger charge is -2.37. The van der Waals surface area contributed by atoms with Crippen molar-refractivity contribution in [2.75, 3.05) is 52.9 Å². The fraction of sp³-hybridized carbons (Fsp3) is 0.824. The summed E-state index contributed by atoms with van der Waals surface area (Å²) in [5.41, 5.74) is 0. The van der Waals surface area contributed by atoms with Gasteiger partial charge in [-0.05, 0) is 13.5 Å². The zero-order valence-electron chi connectivity index (χ0n) is 16.6. The van der Waals surface area contributed by atoms with Crippen molar-refractivity contribution in [2.24, 2.45) is 4.99 Å². The van der Waals surface area contributed by atoms with Crippen LogP contribution >= 0.6 is 24.0 Å².